The van der Waals surface area contributed by atoms with Crippen LogP contribution >= 0.6 is 0 Å². The van der Waals surface area contributed by atoms with Gasteiger partial charge in [-0.25, -0.2) is 0 Å². The first-order chi connectivity index (χ1) is 8.47. The van der Waals surface area contributed by atoms with Crippen molar-refractivity contribution in [3.05, 3.63) is 35.9 Å². The second kappa shape index (κ2) is 8.71. The largest absolute Gasteiger partial charge is 0.480 e. The molecule has 1 amide bonds. The van der Waals surface area contributed by atoms with E-state index in [1.54, 1.807) is 30.3 Å². The molecule has 1 rings (SSSR count). The van der Waals surface area contributed by atoms with Crippen LogP contribution < -0.4 is 11.1 Å². The molecule has 0 aliphatic rings. The SMILES string of the molecule is NCC(=O)O.O=C(O)CNC(=O)c1ccccc1. The number of hydrogen-bond donors (Lipinski definition) is 4. The number of carboxylic acids is 2. The molecule has 0 spiro atoms. The van der Waals surface area contributed by atoms with Crippen LogP contribution in [0.2, 0.25) is 0 Å². The molecule has 0 radical (unpaired) electrons. The summed E-state index contributed by atoms with van der Waals surface area (Å²) >= 11 is 0. The molecule has 0 saturated heterocycles. The molecule has 0 aromatic heterocycles. The monoisotopic (exact) mass is 254 g/mol. The lowest BCUT2D eigenvalue weighted by Gasteiger charge is -2.00. The lowest BCUT2D eigenvalue weighted by molar-refractivity contribution is -0.136. The van der Waals surface area contributed by atoms with Crippen molar-refractivity contribution in [2.45, 2.75) is 0 Å². The lowest BCUT2D eigenvalue weighted by Crippen LogP contribution is -2.29. The third kappa shape index (κ3) is 7.83. The van der Waals surface area contributed by atoms with Crippen molar-refractivity contribution in [2.24, 2.45) is 5.73 Å². The third-order valence-electron chi connectivity index (χ3n) is 1.61. The van der Waals surface area contributed by atoms with E-state index >= 15 is 0 Å². The fourth-order valence-corrected chi connectivity index (χ4v) is 0.847. The van der Waals surface area contributed by atoms with Gasteiger partial charge in [0.2, 0.25) is 0 Å². The number of aliphatic carboxylic acids is 2. The standard InChI is InChI=1S/C9H9NO3.C2H5NO2/c11-8(12)6-10-9(13)7-4-2-1-3-5-7;3-1-2(4)5/h1-5H,6H2,(H,10,13)(H,11,12);1,3H2,(H,4,5). The Hall–Kier alpha value is -2.41. The Kier molecular flexibility index (Phi) is 7.54. The van der Waals surface area contributed by atoms with Crippen LogP contribution in [0, 0.1) is 0 Å². The predicted molar refractivity (Wildman–Crippen MR) is 63.1 cm³/mol. The van der Waals surface area contributed by atoms with Crippen LogP contribution in [-0.2, 0) is 9.59 Å². The zero-order valence-electron chi connectivity index (χ0n) is 9.50. The van der Waals surface area contributed by atoms with E-state index in [4.69, 9.17) is 10.2 Å². The van der Waals surface area contributed by atoms with Gasteiger partial charge in [0.1, 0.15) is 6.54 Å². The van der Waals surface area contributed by atoms with Gasteiger partial charge in [0.15, 0.2) is 0 Å². The van der Waals surface area contributed by atoms with Gasteiger partial charge in [-0.3, -0.25) is 14.4 Å². The van der Waals surface area contributed by atoms with Crippen LogP contribution in [0.3, 0.4) is 0 Å². The second-order valence-electron chi connectivity index (χ2n) is 3.04. The molecular formula is C11H14N2O5. The van der Waals surface area contributed by atoms with Crippen molar-refractivity contribution in [3.8, 4) is 0 Å². The van der Waals surface area contributed by atoms with Gasteiger partial charge in [0, 0.05) is 5.56 Å². The van der Waals surface area contributed by atoms with E-state index in [1.165, 1.54) is 0 Å². The second-order valence-corrected chi connectivity index (χ2v) is 3.04. The minimum Gasteiger partial charge on any atom is -0.480 e. The molecule has 7 nitrogen and oxygen atoms in total. The highest BCUT2D eigenvalue weighted by Gasteiger charge is 2.04. The molecular weight excluding hydrogens is 240 g/mol. The van der Waals surface area contributed by atoms with Crippen molar-refractivity contribution < 1.29 is 24.6 Å². The Labute approximate surface area is 103 Å². The molecule has 7 heteroatoms. The highest BCUT2D eigenvalue weighted by molar-refractivity contribution is 5.95. The normalized spacial score (nSPS) is 8.72. The van der Waals surface area contributed by atoms with Crippen LogP contribution in [0.5, 0.6) is 0 Å². The summed E-state index contributed by atoms with van der Waals surface area (Å²) in [7, 11) is 0. The van der Waals surface area contributed by atoms with Gasteiger partial charge in [-0.2, -0.15) is 0 Å². The lowest BCUT2D eigenvalue weighted by atomic mass is 10.2. The first-order valence-electron chi connectivity index (χ1n) is 4.94. The Morgan fingerprint density at radius 2 is 1.56 bits per heavy atom. The molecule has 0 saturated carbocycles. The van der Waals surface area contributed by atoms with Gasteiger partial charge in [0.05, 0.1) is 6.54 Å². The first-order valence-corrected chi connectivity index (χ1v) is 4.94. The van der Waals surface area contributed by atoms with E-state index in [0.29, 0.717) is 5.56 Å². The fourth-order valence-electron chi connectivity index (χ4n) is 0.847. The Bertz CT molecular complexity index is 405. The minimum absolute atomic E-state index is 0.278. The number of rotatable bonds is 4. The summed E-state index contributed by atoms with van der Waals surface area (Å²) in [6.07, 6.45) is 0. The molecule has 0 fully saturated rings. The van der Waals surface area contributed by atoms with E-state index in [-0.39, 0.29) is 19.0 Å². The number of carbonyl (C=O) groups is 3. The maximum atomic E-state index is 11.2. The average molecular weight is 254 g/mol. The van der Waals surface area contributed by atoms with Crippen molar-refractivity contribution >= 4 is 17.8 Å². The highest BCUT2D eigenvalue weighted by atomic mass is 16.4. The predicted octanol–water partition coefficient (Wildman–Crippen LogP) is -0.469. The first kappa shape index (κ1) is 15.6. The van der Waals surface area contributed by atoms with Crippen LogP contribution in [0.4, 0.5) is 0 Å². The Balaban J connectivity index is 0.000000494. The number of carboxylic acid groups (broad SMARTS) is 2. The zero-order valence-corrected chi connectivity index (χ0v) is 9.50. The molecule has 18 heavy (non-hydrogen) atoms. The topological polar surface area (TPSA) is 130 Å². The number of nitrogens with one attached hydrogen (secondary N) is 1. The molecule has 5 N–H and O–H groups in total. The number of hydrogen-bond acceptors (Lipinski definition) is 4. The molecule has 0 bridgehead atoms. The number of benzene rings is 1. The molecule has 0 heterocycles. The quantitative estimate of drug-likeness (QED) is 0.574. The molecule has 0 unspecified atom stereocenters. The third-order valence-corrected chi connectivity index (χ3v) is 1.61. The highest BCUT2D eigenvalue weighted by Crippen LogP contribution is 1.96. The van der Waals surface area contributed by atoms with Crippen molar-refractivity contribution in [1.29, 1.82) is 0 Å². The molecule has 1 aromatic rings. The van der Waals surface area contributed by atoms with E-state index in [9.17, 15) is 14.4 Å². The molecule has 0 aliphatic carbocycles. The van der Waals surface area contributed by atoms with Crippen LogP contribution in [-0.4, -0.2) is 41.1 Å². The maximum absolute atomic E-state index is 11.2. The molecule has 0 aliphatic heterocycles. The summed E-state index contributed by atoms with van der Waals surface area (Å²) in [5.74, 6) is -2.39. The summed E-state index contributed by atoms with van der Waals surface area (Å²) in [5.41, 5.74) is 5.03. The van der Waals surface area contributed by atoms with Gasteiger partial charge in [-0.05, 0) is 12.1 Å². The van der Waals surface area contributed by atoms with Gasteiger partial charge in [0.25, 0.3) is 5.91 Å². The summed E-state index contributed by atoms with van der Waals surface area (Å²) in [6, 6.07) is 8.47. The summed E-state index contributed by atoms with van der Waals surface area (Å²) in [4.78, 5) is 30.5. The number of amides is 1. The van der Waals surface area contributed by atoms with Crippen molar-refractivity contribution in [2.75, 3.05) is 13.1 Å². The molecule has 0 atom stereocenters. The van der Waals surface area contributed by atoms with E-state index in [2.05, 4.69) is 11.1 Å². The fraction of sp³-hybridized carbons (Fsp3) is 0.182. The van der Waals surface area contributed by atoms with E-state index in [0.717, 1.165) is 0 Å². The Morgan fingerprint density at radius 1 is 1.06 bits per heavy atom. The number of nitrogens with two attached hydrogens (primary N) is 1. The van der Waals surface area contributed by atoms with E-state index < -0.39 is 11.9 Å². The summed E-state index contributed by atoms with van der Waals surface area (Å²) in [6.45, 7) is -0.631. The zero-order chi connectivity index (χ0) is 14.0. The smallest absolute Gasteiger partial charge is 0.322 e. The van der Waals surface area contributed by atoms with E-state index in [1.807, 2.05) is 0 Å². The van der Waals surface area contributed by atoms with Crippen molar-refractivity contribution in [3.63, 3.8) is 0 Å². The molecule has 98 valence electrons. The maximum Gasteiger partial charge on any atom is 0.322 e. The molecule has 1 aromatic carbocycles. The number of carbonyl (C=O) groups excluding carboxylic acids is 1. The van der Waals surface area contributed by atoms with Crippen LogP contribution in [0.15, 0.2) is 30.3 Å². The van der Waals surface area contributed by atoms with Gasteiger partial charge in [-0.1, -0.05) is 18.2 Å². The summed E-state index contributed by atoms with van der Waals surface area (Å²) < 4.78 is 0. The van der Waals surface area contributed by atoms with Crippen LogP contribution in [0.1, 0.15) is 10.4 Å². The van der Waals surface area contributed by atoms with Crippen LogP contribution in [0.25, 0.3) is 0 Å². The summed E-state index contributed by atoms with van der Waals surface area (Å²) in [5, 5.41) is 18.2. The van der Waals surface area contributed by atoms with Gasteiger partial charge < -0.3 is 21.3 Å². The van der Waals surface area contributed by atoms with Crippen molar-refractivity contribution in [1.82, 2.24) is 5.32 Å². The average Bonchev–Trinajstić information content (AvgIpc) is 2.37. The Morgan fingerprint density at radius 3 is 1.94 bits per heavy atom. The van der Waals surface area contributed by atoms with Gasteiger partial charge >= 0.3 is 11.9 Å². The minimum atomic E-state index is -1.05. The van der Waals surface area contributed by atoms with Gasteiger partial charge in [-0.15, -0.1) is 0 Å².